The number of carbonyl (C=O) groups is 3. The summed E-state index contributed by atoms with van der Waals surface area (Å²) < 4.78 is 221. The summed E-state index contributed by atoms with van der Waals surface area (Å²) in [5, 5.41) is -19.0. The van der Waals surface area contributed by atoms with Crippen molar-refractivity contribution in [3.63, 3.8) is 0 Å². The Morgan fingerprint density at radius 1 is 0.351 bits per heavy atom. The van der Waals surface area contributed by atoms with Gasteiger partial charge >= 0.3 is 49.7 Å². The fraction of sp³-hybridized carbons (Fsp3) is 0.420. The van der Waals surface area contributed by atoms with Gasteiger partial charge < -0.3 is 27.5 Å². The molecule has 11 aromatic carbocycles. The Balaban J connectivity index is 0.000000136. The molecule has 0 aromatic heterocycles. The fourth-order valence-corrected chi connectivity index (χ4v) is 30.9. The third-order valence-corrected chi connectivity index (χ3v) is 40.1. The van der Waals surface area contributed by atoms with Crippen molar-refractivity contribution in [2.24, 2.45) is 23.7 Å². The number of aryl methyl sites for hydroxylation is 1. The average molecular weight is 2150 g/mol. The number of halogens is 8. The molecule has 1 saturated heterocycles. The minimum Gasteiger partial charge on any atom is -0.743 e. The maximum atomic E-state index is 14.9. The molecule has 148 heavy (non-hydrogen) atoms. The van der Waals surface area contributed by atoms with Crippen molar-refractivity contribution in [3.05, 3.63) is 336 Å². The summed E-state index contributed by atoms with van der Waals surface area (Å²) in [5.74, 6) is -12.9. The van der Waals surface area contributed by atoms with Gasteiger partial charge in [0.1, 0.15) is 18.0 Å². The van der Waals surface area contributed by atoms with E-state index in [4.69, 9.17) is 8.92 Å². The number of rotatable bonds is 25. The lowest BCUT2D eigenvalue weighted by molar-refractivity contribution is -0.247. The molecule has 0 N–H and O–H groups in total. The first-order chi connectivity index (χ1) is 71.1. The molecule has 15 nitrogen and oxygen atoms in total. The molecule has 0 radical (unpaired) electrons. The van der Waals surface area contributed by atoms with E-state index < -0.39 is 112 Å². The highest BCUT2D eigenvalue weighted by molar-refractivity contribution is 7.97. The molecule has 6 unspecified atom stereocenters. The number of hydrogen-bond acceptors (Lipinski definition) is 15. The van der Waals surface area contributed by atoms with Crippen LogP contribution in [0.1, 0.15) is 279 Å². The van der Waals surface area contributed by atoms with Crippen LogP contribution in [0.2, 0.25) is 0 Å². The second-order valence-electron chi connectivity index (χ2n) is 40.1. The van der Waals surface area contributed by atoms with Gasteiger partial charge in [0.25, 0.3) is 0 Å². The highest BCUT2D eigenvalue weighted by atomic mass is 32.2. The first-order valence-electron chi connectivity index (χ1n) is 52.0. The Morgan fingerprint density at radius 2 is 0.622 bits per heavy atom. The molecule has 0 spiro atoms. The SMILES string of the molecule is COC(=O)C1C2CC3C(OC(=O)C31)C2OC(=O)C(F)(F)S(=O)(=O)[O-].Cc1c(C2CCCCC2)cc(C2CCCCC2)cc1C1CCCCC1.Cc1ccc([S+](c2ccccc2)c2ccccc2)cc1.O=S(=O)([O-])C(F)(F)C(F)(F)C(F)(F)S(=O)(=O)Oc1c(C2CCCCC2)cc(C2CCCCC2)cc1C1CCCCC1.c1ccc([S+](c2ccccc2)c2ccccc2)cc1.c1ccc([S+](c2ccccc2)c2ccccc2)cc1. The predicted molar refractivity (Wildman–Crippen MR) is 561 cm³/mol. The number of methoxy groups -OCH3 is 1. The van der Waals surface area contributed by atoms with Crippen molar-refractivity contribution < 1.29 is 102 Å². The van der Waals surface area contributed by atoms with E-state index in [-0.39, 0.29) is 68.0 Å². The largest absolute Gasteiger partial charge is 0.743 e. The highest BCUT2D eigenvalue weighted by Crippen LogP contribution is 2.60. The van der Waals surface area contributed by atoms with Crippen LogP contribution in [0.5, 0.6) is 5.75 Å². The standard InChI is InChI=1S/C27H36F6O6S2.C25H38.C19H17S.2C18H15S.C12H12F2O9S/c28-25(29,26(30,31)40(34,35)36)27(32,33)41(37,38)39-24-22(19-12-6-2-7-13-19)16-21(18-10-4-1-5-11-18)17-23(24)20-14-8-3-9-15-20;1-19-24(21-13-7-3-8-14-21)17-23(20-11-5-2-6-12-20)18-25(19)22-15-9-4-10-16-22;1-16-12-14-19(15-13-16)20(17-8-4-2-5-9-17)18-10-6-3-7-11-18;2*1-4-10-16(11-5-1)19(17-12-6-2-7-13-17)18-14-8-3-9-15-18;1-21-9(15)5-3-2-4-6(5)10(16)22-7(4)8(3)23-11(17)12(13,14)24(18,19)20/h16-20H,1-15H2,(H,34,35,36);17-18,20-22H,2-16H2,1H3;2-15H,1H3;2*1-15H;3-8H,2H2,1H3,(H,18,19,20)/q;;3*+1;/p-2. The first kappa shape index (κ1) is 112. The van der Waals surface area contributed by atoms with Crippen molar-refractivity contribution in [1.82, 2.24) is 0 Å². The first-order valence-corrected chi connectivity index (χ1v) is 59.9. The molecule has 8 saturated carbocycles. The monoisotopic (exact) mass is 2140 g/mol. The van der Waals surface area contributed by atoms with Crippen LogP contribution in [-0.4, -0.2) is 93.3 Å². The van der Waals surface area contributed by atoms with Gasteiger partial charge in [-0.1, -0.05) is 303 Å². The van der Waals surface area contributed by atoms with Crippen LogP contribution in [0.4, 0.5) is 35.1 Å². The zero-order valence-electron chi connectivity index (χ0n) is 83.7. The summed E-state index contributed by atoms with van der Waals surface area (Å²) in [4.78, 5) is 47.4. The maximum absolute atomic E-state index is 14.9. The summed E-state index contributed by atoms with van der Waals surface area (Å²) >= 11 is 0. The van der Waals surface area contributed by atoms with E-state index in [1.165, 1.54) is 146 Å². The average Bonchev–Trinajstić information content (AvgIpc) is 1.54. The van der Waals surface area contributed by atoms with E-state index in [1.807, 2.05) is 0 Å². The van der Waals surface area contributed by atoms with Crippen molar-refractivity contribution >= 4 is 80.9 Å². The molecule has 20 rings (SSSR count). The third kappa shape index (κ3) is 26.4. The Morgan fingerprint density at radius 3 is 0.899 bits per heavy atom. The quantitative estimate of drug-likeness (QED) is 0.0129. The topological polar surface area (TPSA) is 237 Å². The third-order valence-electron chi connectivity index (χ3n) is 30.5. The molecule has 8 aliphatic carbocycles. The van der Waals surface area contributed by atoms with Gasteiger partial charge in [-0.25, -0.2) is 21.6 Å². The Bertz CT molecular complexity index is 6080. The summed E-state index contributed by atoms with van der Waals surface area (Å²) in [6.45, 7) is 4.60. The van der Waals surface area contributed by atoms with Crippen LogP contribution in [0.3, 0.4) is 0 Å². The Kier molecular flexibility index (Phi) is 38.5. The molecule has 1 aliphatic heterocycles. The molecule has 788 valence electrons. The number of alkyl halides is 8. The number of esters is 3. The van der Waals surface area contributed by atoms with Crippen molar-refractivity contribution in [3.8, 4) is 5.75 Å². The fourth-order valence-electron chi connectivity index (χ4n) is 22.9. The number of fused-ring (bicyclic) bond motifs is 1. The molecule has 11 aromatic rings. The Hall–Kier alpha value is -10.1. The van der Waals surface area contributed by atoms with Crippen LogP contribution >= 0.6 is 0 Å². The van der Waals surface area contributed by atoms with Crippen molar-refractivity contribution in [2.75, 3.05) is 7.11 Å². The highest BCUT2D eigenvalue weighted by Gasteiger charge is 2.81. The van der Waals surface area contributed by atoms with Gasteiger partial charge in [0.15, 0.2) is 64.3 Å². The van der Waals surface area contributed by atoms with E-state index in [9.17, 15) is 83.9 Å². The molecule has 29 heteroatoms. The van der Waals surface area contributed by atoms with Gasteiger partial charge in [-0.15, -0.1) is 0 Å². The summed E-state index contributed by atoms with van der Waals surface area (Å²) in [5.41, 5.74) is 9.67. The molecule has 0 amide bonds. The smallest absolute Gasteiger partial charge is 0.450 e. The summed E-state index contributed by atoms with van der Waals surface area (Å²) in [7, 11) is -19.6. The molecule has 9 fully saturated rings. The number of hydrogen-bond donors (Lipinski definition) is 0. The van der Waals surface area contributed by atoms with Crippen molar-refractivity contribution in [2.45, 2.75) is 326 Å². The van der Waals surface area contributed by atoms with Crippen LogP contribution in [-0.2, 0) is 91.6 Å². The lowest BCUT2D eigenvalue weighted by Gasteiger charge is -2.34. The lowest BCUT2D eigenvalue weighted by Crippen LogP contribution is -2.61. The van der Waals surface area contributed by atoms with Gasteiger partial charge in [0, 0.05) is 11.8 Å². The zero-order valence-corrected chi connectivity index (χ0v) is 88.6. The molecular weight excluding hydrogens is 2010 g/mol. The van der Waals surface area contributed by atoms with E-state index in [2.05, 4.69) is 302 Å². The van der Waals surface area contributed by atoms with Gasteiger partial charge in [0.2, 0.25) is 0 Å². The lowest BCUT2D eigenvalue weighted by atomic mass is 9.74. The van der Waals surface area contributed by atoms with E-state index in [1.54, 1.807) is 34.4 Å². The van der Waals surface area contributed by atoms with Gasteiger partial charge in [-0.2, -0.15) is 43.5 Å². The van der Waals surface area contributed by atoms with Gasteiger partial charge in [-0.3, -0.25) is 9.59 Å². The minimum atomic E-state index is -7.38. The summed E-state index contributed by atoms with van der Waals surface area (Å²) in [6, 6.07) is 103. The van der Waals surface area contributed by atoms with Gasteiger partial charge in [-0.05, 0) is 281 Å². The normalized spacial score (nSPS) is 20.3. The molecule has 6 atom stereocenters. The van der Waals surface area contributed by atoms with Gasteiger partial charge in [0.05, 0.1) is 51.6 Å². The maximum Gasteiger partial charge on any atom is 0.450 e. The number of ether oxygens (including phenoxy) is 3. The number of carbonyl (C=O) groups excluding carboxylic acids is 3. The van der Waals surface area contributed by atoms with Crippen molar-refractivity contribution in [1.29, 1.82) is 0 Å². The predicted octanol–water partition coefficient (Wildman–Crippen LogP) is 29.7. The van der Waals surface area contributed by atoms with Crippen LogP contribution in [0, 0.1) is 37.5 Å². The van der Waals surface area contributed by atoms with E-state index >= 15 is 0 Å². The summed E-state index contributed by atoms with van der Waals surface area (Å²) in [6.07, 6.45) is 31.3. The van der Waals surface area contributed by atoms with Crippen LogP contribution in [0.15, 0.2) is 335 Å². The van der Waals surface area contributed by atoms with Crippen LogP contribution < -0.4 is 4.18 Å². The second kappa shape index (κ2) is 50.9. The second-order valence-corrected chi connectivity index (χ2v) is 50.6. The Labute approximate surface area is 875 Å². The van der Waals surface area contributed by atoms with E-state index in [0.29, 0.717) is 25.7 Å². The zero-order chi connectivity index (χ0) is 105. The molecular formula is C119H131F8O15S6+. The number of benzene rings is 11. The molecule has 1 heterocycles. The van der Waals surface area contributed by atoms with Crippen LogP contribution in [0.25, 0.3) is 0 Å². The van der Waals surface area contributed by atoms with E-state index in [0.717, 1.165) is 101 Å². The molecule has 9 aliphatic rings. The minimum absolute atomic E-state index is 0.0146. The molecule has 2 bridgehead atoms.